The Morgan fingerprint density at radius 2 is 1.96 bits per heavy atom. The first-order chi connectivity index (χ1) is 11.3. The van der Waals surface area contributed by atoms with Gasteiger partial charge in [-0.25, -0.2) is 0 Å². The molecule has 0 fully saturated rings. The molecule has 0 aliphatic heterocycles. The molecule has 0 radical (unpaired) electrons. The van der Waals surface area contributed by atoms with E-state index in [4.69, 9.17) is 4.98 Å². The number of alkyl halides is 1. The smallest absolute Gasteiger partial charge is 0.0441 e. The molecule has 2 nitrogen and oxygen atoms in total. The molecule has 0 aromatic carbocycles. The monoisotopic (exact) mass is 420 g/mol. The van der Waals surface area contributed by atoms with Crippen LogP contribution in [0.2, 0.25) is 0 Å². The minimum absolute atomic E-state index is 1.05. The highest BCUT2D eigenvalue weighted by molar-refractivity contribution is 14.1. The highest BCUT2D eigenvalue weighted by atomic mass is 127. The number of nitrogens with zero attached hydrogens (tertiary/aromatic N) is 2. The highest BCUT2D eigenvalue weighted by Gasteiger charge is 2.16. The number of hydrogen-bond acceptors (Lipinski definition) is 2. The first-order valence-corrected chi connectivity index (χ1v) is 10.3. The molecular formula is C20H25IN2. The van der Waals surface area contributed by atoms with Crippen LogP contribution in [0.3, 0.4) is 0 Å². The Morgan fingerprint density at radius 1 is 1.04 bits per heavy atom. The minimum Gasteiger partial charge on any atom is -0.264 e. The quantitative estimate of drug-likeness (QED) is 0.530. The van der Waals surface area contributed by atoms with Crippen LogP contribution in [0, 0.1) is 0 Å². The average molecular weight is 420 g/mol. The van der Waals surface area contributed by atoms with Crippen molar-refractivity contribution in [3.63, 3.8) is 0 Å². The number of rotatable bonds is 4. The zero-order valence-electron chi connectivity index (χ0n) is 13.9. The van der Waals surface area contributed by atoms with E-state index >= 15 is 0 Å². The molecule has 1 aliphatic rings. The Balaban J connectivity index is 1.96. The summed E-state index contributed by atoms with van der Waals surface area (Å²) in [4.78, 5) is 9.19. The largest absolute Gasteiger partial charge is 0.264 e. The van der Waals surface area contributed by atoms with E-state index in [1.54, 1.807) is 11.1 Å². The molecule has 0 bridgehead atoms. The first kappa shape index (κ1) is 16.9. The van der Waals surface area contributed by atoms with Gasteiger partial charge in [0.1, 0.15) is 0 Å². The second kappa shape index (κ2) is 8.22. The molecule has 0 saturated carbocycles. The van der Waals surface area contributed by atoms with Gasteiger partial charge in [0.15, 0.2) is 0 Å². The predicted molar refractivity (Wildman–Crippen MR) is 104 cm³/mol. The van der Waals surface area contributed by atoms with Gasteiger partial charge in [0.05, 0.1) is 0 Å². The summed E-state index contributed by atoms with van der Waals surface area (Å²) < 4.78 is 1.17. The van der Waals surface area contributed by atoms with Crippen LogP contribution in [0.4, 0.5) is 0 Å². The van der Waals surface area contributed by atoms with E-state index < -0.39 is 0 Å². The van der Waals surface area contributed by atoms with E-state index in [9.17, 15) is 0 Å². The van der Waals surface area contributed by atoms with Crippen LogP contribution in [-0.4, -0.2) is 14.4 Å². The van der Waals surface area contributed by atoms with E-state index in [0.29, 0.717) is 0 Å². The highest BCUT2D eigenvalue weighted by Crippen LogP contribution is 2.26. The van der Waals surface area contributed by atoms with Crippen molar-refractivity contribution in [2.24, 2.45) is 0 Å². The van der Waals surface area contributed by atoms with Gasteiger partial charge in [-0.2, -0.15) is 0 Å². The molecule has 2 aromatic rings. The number of aryl methyl sites for hydroxylation is 4. The van der Waals surface area contributed by atoms with Crippen molar-refractivity contribution in [3.8, 4) is 0 Å². The molecule has 0 unspecified atom stereocenters. The maximum absolute atomic E-state index is 4.87. The Labute approximate surface area is 153 Å². The number of pyridine rings is 2. The van der Waals surface area contributed by atoms with E-state index in [1.165, 1.54) is 58.9 Å². The SMILES string of the molecule is CCCc1c(CCI)cnc2c1CCCc1ccncc1CC2. The summed E-state index contributed by atoms with van der Waals surface area (Å²) in [5, 5.41) is 0. The van der Waals surface area contributed by atoms with Gasteiger partial charge in [-0.1, -0.05) is 35.9 Å². The standard InChI is InChI=1S/C20H25IN2/c1-2-4-18-17(9-11-21)14-23-20-8-7-16-13-22-12-10-15(16)5-3-6-19(18)20/h10,12-14H,2-9,11H2,1H3. The summed E-state index contributed by atoms with van der Waals surface area (Å²) in [6.07, 6.45) is 15.4. The maximum atomic E-state index is 4.87. The van der Waals surface area contributed by atoms with Gasteiger partial charge >= 0.3 is 0 Å². The van der Waals surface area contributed by atoms with E-state index in [1.807, 2.05) is 6.20 Å². The van der Waals surface area contributed by atoms with Crippen LogP contribution >= 0.6 is 22.6 Å². The summed E-state index contributed by atoms with van der Waals surface area (Å²) in [7, 11) is 0. The number of fused-ring (bicyclic) bond motifs is 2. The van der Waals surface area contributed by atoms with Crippen LogP contribution in [0.15, 0.2) is 24.7 Å². The van der Waals surface area contributed by atoms with Gasteiger partial charge in [0.25, 0.3) is 0 Å². The molecular weight excluding hydrogens is 395 g/mol. The Morgan fingerprint density at radius 3 is 2.78 bits per heavy atom. The summed E-state index contributed by atoms with van der Waals surface area (Å²) in [6, 6.07) is 2.20. The van der Waals surface area contributed by atoms with Crippen LogP contribution in [0.25, 0.3) is 0 Å². The van der Waals surface area contributed by atoms with E-state index in [0.717, 1.165) is 19.3 Å². The van der Waals surface area contributed by atoms with Crippen LogP contribution in [0.1, 0.15) is 53.3 Å². The third-order valence-corrected chi connectivity index (χ3v) is 5.39. The fourth-order valence-corrected chi connectivity index (χ4v) is 4.28. The Hall–Kier alpha value is -0.970. The number of hydrogen-bond donors (Lipinski definition) is 0. The van der Waals surface area contributed by atoms with E-state index in [-0.39, 0.29) is 0 Å². The summed E-state index contributed by atoms with van der Waals surface area (Å²) in [5.41, 5.74) is 8.89. The minimum atomic E-state index is 1.05. The number of aromatic nitrogens is 2. The lowest BCUT2D eigenvalue weighted by Crippen LogP contribution is -2.08. The molecule has 3 heteroatoms. The van der Waals surface area contributed by atoms with Crippen molar-refractivity contribution in [1.82, 2.24) is 9.97 Å². The lowest BCUT2D eigenvalue weighted by Gasteiger charge is -2.17. The summed E-state index contributed by atoms with van der Waals surface area (Å²) in [5.74, 6) is 0. The molecule has 0 atom stereocenters. The average Bonchev–Trinajstić information content (AvgIpc) is 2.66. The van der Waals surface area contributed by atoms with Crippen molar-refractivity contribution in [2.75, 3.05) is 4.43 Å². The molecule has 1 aliphatic carbocycles. The third kappa shape index (κ3) is 3.93. The molecule has 3 rings (SSSR count). The van der Waals surface area contributed by atoms with Gasteiger partial charge in [-0.15, -0.1) is 0 Å². The second-order valence-electron chi connectivity index (χ2n) is 6.37. The van der Waals surface area contributed by atoms with Crippen molar-refractivity contribution in [3.05, 3.63) is 58.2 Å². The van der Waals surface area contributed by atoms with Crippen molar-refractivity contribution >= 4 is 22.6 Å². The van der Waals surface area contributed by atoms with Crippen molar-refractivity contribution in [1.29, 1.82) is 0 Å². The fourth-order valence-electron chi connectivity index (χ4n) is 3.70. The Kier molecular flexibility index (Phi) is 6.03. The normalized spacial score (nSPS) is 14.3. The molecule has 23 heavy (non-hydrogen) atoms. The summed E-state index contributed by atoms with van der Waals surface area (Å²) in [6.45, 7) is 2.29. The topological polar surface area (TPSA) is 25.8 Å². The van der Waals surface area contributed by atoms with Crippen molar-refractivity contribution in [2.45, 2.75) is 58.3 Å². The van der Waals surface area contributed by atoms with Gasteiger partial charge in [0, 0.05) is 28.7 Å². The van der Waals surface area contributed by atoms with Crippen LogP contribution < -0.4 is 0 Å². The van der Waals surface area contributed by atoms with Gasteiger partial charge in [0.2, 0.25) is 0 Å². The first-order valence-electron chi connectivity index (χ1n) is 8.79. The van der Waals surface area contributed by atoms with Crippen LogP contribution in [0.5, 0.6) is 0 Å². The molecule has 0 spiro atoms. The molecule has 0 amide bonds. The zero-order chi connectivity index (χ0) is 16.1. The molecule has 2 aromatic heterocycles. The van der Waals surface area contributed by atoms with Gasteiger partial charge < -0.3 is 0 Å². The number of halogens is 1. The van der Waals surface area contributed by atoms with Gasteiger partial charge in [-0.3, -0.25) is 9.97 Å². The molecule has 0 saturated heterocycles. The van der Waals surface area contributed by atoms with Gasteiger partial charge in [-0.05, 0) is 78.8 Å². The Bertz CT molecular complexity index is 667. The predicted octanol–water partition coefficient (Wildman–Crippen LogP) is 4.68. The zero-order valence-corrected chi connectivity index (χ0v) is 16.1. The molecule has 2 heterocycles. The van der Waals surface area contributed by atoms with Crippen LogP contribution in [-0.2, 0) is 38.5 Å². The maximum Gasteiger partial charge on any atom is 0.0441 e. The van der Waals surface area contributed by atoms with Crippen molar-refractivity contribution < 1.29 is 0 Å². The third-order valence-electron chi connectivity index (χ3n) is 4.85. The lowest BCUT2D eigenvalue weighted by atomic mass is 9.92. The second-order valence-corrected chi connectivity index (χ2v) is 7.45. The van der Waals surface area contributed by atoms with E-state index in [2.05, 4.69) is 53.0 Å². The molecule has 0 N–H and O–H groups in total. The molecule has 122 valence electrons. The fraction of sp³-hybridized carbons (Fsp3) is 0.500. The summed E-state index contributed by atoms with van der Waals surface area (Å²) >= 11 is 2.48. The lowest BCUT2D eigenvalue weighted by molar-refractivity contribution is 0.778.